The van der Waals surface area contributed by atoms with Crippen LogP contribution in [0.2, 0.25) is 5.02 Å². The van der Waals surface area contributed by atoms with Gasteiger partial charge in [0.05, 0.1) is 11.7 Å². The molecule has 0 fully saturated rings. The number of rotatable bonds is 6. The molecule has 3 nitrogen and oxygen atoms in total. The van der Waals surface area contributed by atoms with Crippen LogP contribution in [0.1, 0.15) is 23.3 Å². The van der Waals surface area contributed by atoms with E-state index in [0.717, 1.165) is 16.7 Å². The van der Waals surface area contributed by atoms with Crippen molar-refractivity contribution >= 4 is 11.6 Å². The average molecular weight is 478 g/mol. The summed E-state index contributed by atoms with van der Waals surface area (Å²) < 4.78 is 1.67. The Labute approximate surface area is 209 Å². The van der Waals surface area contributed by atoms with E-state index in [2.05, 4.69) is 0 Å². The van der Waals surface area contributed by atoms with Gasteiger partial charge in [-0.25, -0.2) is 0 Å². The van der Waals surface area contributed by atoms with Crippen molar-refractivity contribution in [2.24, 2.45) is 0 Å². The van der Waals surface area contributed by atoms with E-state index >= 15 is 0 Å². The first kappa shape index (κ1) is 22.9. The highest BCUT2D eigenvalue weighted by molar-refractivity contribution is 6.31. The van der Waals surface area contributed by atoms with Crippen molar-refractivity contribution in [3.63, 3.8) is 0 Å². The molecule has 2 unspecified atom stereocenters. The van der Waals surface area contributed by atoms with Gasteiger partial charge in [-0.1, -0.05) is 121 Å². The fourth-order valence-electron chi connectivity index (χ4n) is 4.49. The van der Waals surface area contributed by atoms with Crippen LogP contribution in [0.5, 0.6) is 0 Å². The Hall–Kier alpha value is -3.92. The van der Waals surface area contributed by atoms with Gasteiger partial charge in [-0.2, -0.15) is 0 Å². The molecule has 0 radical (unpaired) electrons. The van der Waals surface area contributed by atoms with Gasteiger partial charge in [0, 0.05) is 11.1 Å². The molecule has 0 aliphatic rings. The number of benzene rings is 4. The fraction of sp³-hybridized carbons (Fsp3) is 0.0645. The fourth-order valence-corrected chi connectivity index (χ4v) is 4.74. The standard InChI is InChI=1S/C31H24ClNO2/c32-27-19-11-10-18-26(27)30(31(35)24-16-8-3-9-17-24)33-28(23-14-6-2-7-15-23)20-25(21-29(33)34)22-12-4-1-5-13-22/h1-21,30-31,35H. The summed E-state index contributed by atoms with van der Waals surface area (Å²) in [6.45, 7) is 0. The molecule has 5 aromatic rings. The zero-order valence-corrected chi connectivity index (χ0v) is 19.7. The van der Waals surface area contributed by atoms with E-state index in [-0.39, 0.29) is 5.56 Å². The average Bonchev–Trinajstić information content (AvgIpc) is 2.92. The number of aromatic nitrogens is 1. The summed E-state index contributed by atoms with van der Waals surface area (Å²) in [7, 11) is 0. The molecule has 0 bridgehead atoms. The minimum atomic E-state index is -1.00. The Morgan fingerprint density at radius 2 is 1.17 bits per heavy atom. The Balaban J connectivity index is 1.80. The lowest BCUT2D eigenvalue weighted by Crippen LogP contribution is -2.31. The first-order valence-corrected chi connectivity index (χ1v) is 11.9. The SMILES string of the molecule is O=c1cc(-c2ccccc2)cc(-c2ccccc2)n1C(c1ccccc1Cl)C(O)c1ccccc1. The molecule has 2 atom stereocenters. The largest absolute Gasteiger partial charge is 0.386 e. The van der Waals surface area contributed by atoms with Crippen molar-refractivity contribution in [1.29, 1.82) is 0 Å². The second-order valence-electron chi connectivity index (χ2n) is 8.39. The number of hydrogen-bond acceptors (Lipinski definition) is 2. The molecule has 5 rings (SSSR count). The molecule has 0 saturated heterocycles. The lowest BCUT2D eigenvalue weighted by Gasteiger charge is -2.29. The molecule has 4 aromatic carbocycles. The molecule has 0 saturated carbocycles. The number of aliphatic hydroxyl groups is 1. The van der Waals surface area contributed by atoms with E-state index in [9.17, 15) is 9.90 Å². The predicted octanol–water partition coefficient (Wildman–Crippen LogP) is 7.16. The molecule has 35 heavy (non-hydrogen) atoms. The molecule has 0 amide bonds. The third-order valence-corrected chi connectivity index (χ3v) is 6.53. The molecule has 4 heteroatoms. The molecule has 1 heterocycles. The van der Waals surface area contributed by atoms with Gasteiger partial charge in [0.15, 0.2) is 0 Å². The summed E-state index contributed by atoms with van der Waals surface area (Å²) in [6.07, 6.45) is -1.00. The van der Waals surface area contributed by atoms with Gasteiger partial charge in [-0.15, -0.1) is 0 Å². The minimum Gasteiger partial charge on any atom is -0.386 e. The topological polar surface area (TPSA) is 42.2 Å². The maximum atomic E-state index is 13.9. The highest BCUT2D eigenvalue weighted by Crippen LogP contribution is 2.38. The van der Waals surface area contributed by atoms with E-state index in [1.54, 1.807) is 16.7 Å². The maximum Gasteiger partial charge on any atom is 0.252 e. The quantitative estimate of drug-likeness (QED) is 0.282. The van der Waals surface area contributed by atoms with E-state index in [1.165, 1.54) is 0 Å². The van der Waals surface area contributed by atoms with E-state index in [0.29, 0.717) is 21.8 Å². The monoisotopic (exact) mass is 477 g/mol. The molecular weight excluding hydrogens is 454 g/mol. The van der Waals surface area contributed by atoms with Crippen molar-refractivity contribution in [1.82, 2.24) is 4.57 Å². The van der Waals surface area contributed by atoms with Gasteiger partial charge < -0.3 is 5.11 Å². The second-order valence-corrected chi connectivity index (χ2v) is 8.80. The van der Waals surface area contributed by atoms with E-state index < -0.39 is 12.1 Å². The van der Waals surface area contributed by atoms with Crippen LogP contribution in [0.3, 0.4) is 0 Å². The van der Waals surface area contributed by atoms with E-state index in [4.69, 9.17) is 11.6 Å². The van der Waals surface area contributed by atoms with Gasteiger partial charge >= 0.3 is 0 Å². The van der Waals surface area contributed by atoms with Gasteiger partial charge in [0.25, 0.3) is 5.56 Å². The zero-order valence-electron chi connectivity index (χ0n) is 19.0. The maximum absolute atomic E-state index is 13.9. The van der Waals surface area contributed by atoms with Crippen LogP contribution in [0.25, 0.3) is 22.4 Å². The minimum absolute atomic E-state index is 0.217. The molecule has 1 N–H and O–H groups in total. The summed E-state index contributed by atoms with van der Waals surface area (Å²) in [5.74, 6) is 0. The van der Waals surface area contributed by atoms with E-state index in [1.807, 2.05) is 115 Å². The van der Waals surface area contributed by atoms with Gasteiger partial charge in [-0.3, -0.25) is 9.36 Å². The number of pyridine rings is 1. The normalized spacial score (nSPS) is 12.7. The van der Waals surface area contributed by atoms with Crippen molar-refractivity contribution in [3.05, 3.63) is 154 Å². The van der Waals surface area contributed by atoms with Crippen molar-refractivity contribution in [2.75, 3.05) is 0 Å². The summed E-state index contributed by atoms with van der Waals surface area (Å²) in [4.78, 5) is 13.9. The van der Waals surface area contributed by atoms with Crippen LogP contribution < -0.4 is 5.56 Å². The Kier molecular flexibility index (Phi) is 6.62. The Morgan fingerprint density at radius 3 is 1.80 bits per heavy atom. The van der Waals surface area contributed by atoms with Crippen LogP contribution in [-0.2, 0) is 0 Å². The number of hydrogen-bond donors (Lipinski definition) is 1. The summed E-state index contributed by atoms with van der Waals surface area (Å²) in [6, 6.07) is 39.2. The zero-order chi connectivity index (χ0) is 24.2. The highest BCUT2D eigenvalue weighted by atomic mass is 35.5. The molecular formula is C31H24ClNO2. The number of nitrogens with zero attached hydrogens (tertiary/aromatic N) is 1. The predicted molar refractivity (Wildman–Crippen MR) is 143 cm³/mol. The Bertz CT molecular complexity index is 1480. The molecule has 172 valence electrons. The molecule has 1 aromatic heterocycles. The van der Waals surface area contributed by atoms with Gasteiger partial charge in [0.2, 0.25) is 0 Å². The summed E-state index contributed by atoms with van der Waals surface area (Å²) >= 11 is 6.65. The third kappa shape index (κ3) is 4.69. The van der Waals surface area contributed by atoms with Crippen LogP contribution in [-0.4, -0.2) is 9.67 Å². The first-order valence-electron chi connectivity index (χ1n) is 11.5. The van der Waals surface area contributed by atoms with Crippen LogP contribution >= 0.6 is 11.6 Å². The highest BCUT2D eigenvalue weighted by Gasteiger charge is 2.29. The number of aliphatic hydroxyl groups excluding tert-OH is 1. The van der Waals surface area contributed by atoms with Gasteiger partial charge in [0.1, 0.15) is 6.10 Å². The van der Waals surface area contributed by atoms with Crippen LogP contribution in [0.4, 0.5) is 0 Å². The van der Waals surface area contributed by atoms with Crippen LogP contribution in [0.15, 0.2) is 132 Å². The van der Waals surface area contributed by atoms with Crippen molar-refractivity contribution < 1.29 is 5.11 Å². The lowest BCUT2D eigenvalue weighted by molar-refractivity contribution is 0.130. The summed E-state index contributed by atoms with van der Waals surface area (Å²) in [5, 5.41) is 12.2. The molecule has 0 aliphatic carbocycles. The van der Waals surface area contributed by atoms with Crippen LogP contribution in [0, 0.1) is 0 Å². The number of halogens is 1. The third-order valence-electron chi connectivity index (χ3n) is 6.19. The Morgan fingerprint density at radius 1 is 0.629 bits per heavy atom. The summed E-state index contributed by atoms with van der Waals surface area (Å²) in [5.41, 5.74) is 4.51. The lowest BCUT2D eigenvalue weighted by atomic mass is 9.93. The molecule has 0 aliphatic heterocycles. The van der Waals surface area contributed by atoms with Crippen molar-refractivity contribution in [3.8, 4) is 22.4 Å². The van der Waals surface area contributed by atoms with Crippen molar-refractivity contribution in [2.45, 2.75) is 12.1 Å². The smallest absolute Gasteiger partial charge is 0.252 e. The molecule has 0 spiro atoms. The second kappa shape index (κ2) is 10.1. The first-order chi connectivity index (χ1) is 17.1. The van der Waals surface area contributed by atoms with Gasteiger partial charge in [-0.05, 0) is 39.9 Å².